The average Bonchev–Trinajstić information content (AvgIpc) is 2.91. The van der Waals surface area contributed by atoms with E-state index in [4.69, 9.17) is 0 Å². The van der Waals surface area contributed by atoms with Crippen molar-refractivity contribution in [3.05, 3.63) is 42.7 Å². The number of rotatable bonds is 7. The highest BCUT2D eigenvalue weighted by Crippen LogP contribution is 2.30. The molecule has 22 heavy (non-hydrogen) atoms. The summed E-state index contributed by atoms with van der Waals surface area (Å²) in [6.07, 6.45) is 1.63. The van der Waals surface area contributed by atoms with Gasteiger partial charge in [-0.3, -0.25) is 4.79 Å². The van der Waals surface area contributed by atoms with Gasteiger partial charge < -0.3 is 10.6 Å². The molecule has 1 atom stereocenters. The van der Waals surface area contributed by atoms with Gasteiger partial charge in [0.2, 0.25) is 11.0 Å². The summed E-state index contributed by atoms with van der Waals surface area (Å²) in [5, 5.41) is 14.0. The largest absolute Gasteiger partial charge is 0.352 e. The summed E-state index contributed by atoms with van der Waals surface area (Å²) in [6.45, 7) is 5.78. The minimum Gasteiger partial charge on any atom is -0.352 e. The first-order chi connectivity index (χ1) is 10.6. The van der Waals surface area contributed by atoms with Gasteiger partial charge in [-0.05, 0) is 25.1 Å². The molecule has 1 unspecified atom stereocenters. The maximum atomic E-state index is 13.1. The van der Waals surface area contributed by atoms with E-state index in [-0.39, 0.29) is 17.0 Å². The van der Waals surface area contributed by atoms with E-state index in [0.29, 0.717) is 21.7 Å². The first-order valence-corrected chi connectivity index (χ1v) is 8.19. The molecule has 0 saturated carbocycles. The van der Waals surface area contributed by atoms with Gasteiger partial charge in [-0.15, -0.1) is 16.8 Å². The lowest BCUT2D eigenvalue weighted by Gasteiger charge is -2.08. The number of nitrogens with zero attached hydrogens (tertiary/aromatic N) is 2. The molecule has 2 aromatic rings. The Balaban J connectivity index is 1.93. The normalized spacial score (nSPS) is 11.7. The number of thioether (sulfide) groups is 1. The molecule has 0 aliphatic carbocycles. The van der Waals surface area contributed by atoms with Crippen LogP contribution in [0.4, 0.5) is 15.2 Å². The van der Waals surface area contributed by atoms with Crippen molar-refractivity contribution in [2.75, 3.05) is 11.9 Å². The van der Waals surface area contributed by atoms with Crippen LogP contribution in [0.15, 0.2) is 41.3 Å². The van der Waals surface area contributed by atoms with Crippen LogP contribution >= 0.6 is 23.1 Å². The van der Waals surface area contributed by atoms with Gasteiger partial charge in [-0.25, -0.2) is 4.39 Å². The second-order valence-electron chi connectivity index (χ2n) is 4.30. The third kappa shape index (κ3) is 4.81. The van der Waals surface area contributed by atoms with Crippen LogP contribution in [0.5, 0.6) is 0 Å². The highest BCUT2D eigenvalue weighted by atomic mass is 32.2. The molecule has 8 heteroatoms. The van der Waals surface area contributed by atoms with Gasteiger partial charge in [0, 0.05) is 12.2 Å². The number of carbonyl (C=O) groups is 1. The Labute approximate surface area is 136 Å². The summed E-state index contributed by atoms with van der Waals surface area (Å²) in [4.78, 5) is 11.8. The molecule has 0 spiro atoms. The number of hydrogen-bond acceptors (Lipinski definition) is 6. The third-order valence-corrected chi connectivity index (χ3v) is 4.57. The molecule has 5 nitrogen and oxygen atoms in total. The Kier molecular flexibility index (Phi) is 5.91. The number of carbonyl (C=O) groups excluding carboxylic acids is 1. The summed E-state index contributed by atoms with van der Waals surface area (Å²) in [7, 11) is 0. The first kappa shape index (κ1) is 16.4. The second-order valence-corrected chi connectivity index (χ2v) is 6.87. The van der Waals surface area contributed by atoms with Gasteiger partial charge in [0.15, 0.2) is 4.34 Å². The standard InChI is InChI=1S/C14H15FN4OS2/c1-3-7-16-12(20)9(2)21-14-19-18-13(22-14)17-11-6-4-5-10(15)8-11/h3-6,8-9H,1,7H2,2H3,(H,16,20)(H,17,18). The van der Waals surface area contributed by atoms with E-state index in [1.165, 1.54) is 35.2 Å². The molecular weight excluding hydrogens is 323 g/mol. The number of amides is 1. The maximum Gasteiger partial charge on any atom is 0.233 e. The molecule has 116 valence electrons. The molecular formula is C14H15FN4OS2. The molecule has 0 saturated heterocycles. The van der Waals surface area contributed by atoms with Crippen LogP contribution in [0, 0.1) is 5.82 Å². The van der Waals surface area contributed by atoms with Crippen molar-refractivity contribution in [1.82, 2.24) is 15.5 Å². The van der Waals surface area contributed by atoms with Crippen LogP contribution in [-0.4, -0.2) is 27.9 Å². The molecule has 1 aromatic heterocycles. The summed E-state index contributed by atoms with van der Waals surface area (Å²) >= 11 is 2.63. The van der Waals surface area contributed by atoms with E-state index >= 15 is 0 Å². The summed E-state index contributed by atoms with van der Waals surface area (Å²) in [6, 6.07) is 6.10. The summed E-state index contributed by atoms with van der Waals surface area (Å²) < 4.78 is 13.8. The molecule has 0 radical (unpaired) electrons. The third-order valence-electron chi connectivity index (χ3n) is 2.55. The molecule has 0 aliphatic heterocycles. The zero-order valence-electron chi connectivity index (χ0n) is 11.9. The zero-order chi connectivity index (χ0) is 15.9. The van der Waals surface area contributed by atoms with Crippen LogP contribution in [-0.2, 0) is 4.79 Å². The summed E-state index contributed by atoms with van der Waals surface area (Å²) in [5.74, 6) is -0.406. The Hall–Kier alpha value is -1.93. The number of anilines is 2. The Morgan fingerprint density at radius 3 is 3.09 bits per heavy atom. The fourth-order valence-electron chi connectivity index (χ4n) is 1.52. The molecule has 1 heterocycles. The lowest BCUT2D eigenvalue weighted by molar-refractivity contribution is -0.120. The van der Waals surface area contributed by atoms with Gasteiger partial charge in [-0.2, -0.15) is 0 Å². The van der Waals surface area contributed by atoms with Crippen molar-refractivity contribution >= 4 is 39.8 Å². The van der Waals surface area contributed by atoms with Gasteiger partial charge in [0.25, 0.3) is 0 Å². The van der Waals surface area contributed by atoms with Gasteiger partial charge >= 0.3 is 0 Å². The minimum absolute atomic E-state index is 0.0836. The second kappa shape index (κ2) is 7.90. The monoisotopic (exact) mass is 338 g/mol. The van der Waals surface area contributed by atoms with E-state index in [1.807, 2.05) is 0 Å². The van der Waals surface area contributed by atoms with Crippen molar-refractivity contribution < 1.29 is 9.18 Å². The highest BCUT2D eigenvalue weighted by Gasteiger charge is 2.16. The Morgan fingerprint density at radius 2 is 2.36 bits per heavy atom. The minimum atomic E-state index is -0.323. The van der Waals surface area contributed by atoms with E-state index in [1.54, 1.807) is 25.1 Å². The van der Waals surface area contributed by atoms with E-state index < -0.39 is 0 Å². The number of aromatic nitrogens is 2. The van der Waals surface area contributed by atoms with E-state index in [2.05, 4.69) is 27.4 Å². The number of hydrogen-bond donors (Lipinski definition) is 2. The maximum absolute atomic E-state index is 13.1. The highest BCUT2D eigenvalue weighted by molar-refractivity contribution is 8.02. The molecule has 1 aromatic carbocycles. The molecule has 0 fully saturated rings. The van der Waals surface area contributed by atoms with Crippen molar-refractivity contribution in [2.45, 2.75) is 16.5 Å². The van der Waals surface area contributed by atoms with Gasteiger partial charge in [0.1, 0.15) is 5.82 Å². The predicted molar refractivity (Wildman–Crippen MR) is 88.1 cm³/mol. The fraction of sp³-hybridized carbons (Fsp3) is 0.214. The number of halogens is 1. The van der Waals surface area contributed by atoms with Crippen LogP contribution < -0.4 is 10.6 Å². The fourth-order valence-corrected chi connectivity index (χ4v) is 3.46. The van der Waals surface area contributed by atoms with E-state index in [9.17, 15) is 9.18 Å². The summed E-state index contributed by atoms with van der Waals surface area (Å²) in [5.41, 5.74) is 0.601. The van der Waals surface area contributed by atoms with Crippen LogP contribution in [0.2, 0.25) is 0 Å². The SMILES string of the molecule is C=CCNC(=O)C(C)Sc1nnc(Nc2cccc(F)c2)s1. The van der Waals surface area contributed by atoms with E-state index in [0.717, 1.165) is 0 Å². The van der Waals surface area contributed by atoms with Crippen LogP contribution in [0.1, 0.15) is 6.92 Å². The number of benzene rings is 1. The van der Waals surface area contributed by atoms with Crippen LogP contribution in [0.25, 0.3) is 0 Å². The molecule has 0 bridgehead atoms. The van der Waals surface area contributed by atoms with Crippen molar-refractivity contribution in [1.29, 1.82) is 0 Å². The molecule has 2 rings (SSSR count). The Morgan fingerprint density at radius 1 is 1.55 bits per heavy atom. The van der Waals surface area contributed by atoms with Gasteiger partial charge in [0.05, 0.1) is 5.25 Å². The van der Waals surface area contributed by atoms with Crippen molar-refractivity contribution in [2.24, 2.45) is 0 Å². The topological polar surface area (TPSA) is 66.9 Å². The Bertz CT molecular complexity index is 662. The smallest absolute Gasteiger partial charge is 0.233 e. The van der Waals surface area contributed by atoms with Crippen molar-refractivity contribution in [3.8, 4) is 0 Å². The quantitative estimate of drug-likeness (QED) is 0.599. The molecule has 0 aliphatic rings. The molecule has 1 amide bonds. The number of nitrogens with one attached hydrogen (secondary N) is 2. The predicted octanol–water partition coefficient (Wildman–Crippen LogP) is 3.20. The lowest BCUT2D eigenvalue weighted by Crippen LogP contribution is -2.30. The van der Waals surface area contributed by atoms with Gasteiger partial charge in [-0.1, -0.05) is 35.2 Å². The average molecular weight is 338 g/mol. The van der Waals surface area contributed by atoms with Crippen molar-refractivity contribution in [3.63, 3.8) is 0 Å². The zero-order valence-corrected chi connectivity index (χ0v) is 13.5. The first-order valence-electron chi connectivity index (χ1n) is 6.50. The van der Waals surface area contributed by atoms with Crippen LogP contribution in [0.3, 0.4) is 0 Å². The molecule has 2 N–H and O–H groups in total. The lowest BCUT2D eigenvalue weighted by atomic mass is 10.3.